The summed E-state index contributed by atoms with van der Waals surface area (Å²) in [4.78, 5) is 14.9. The van der Waals surface area contributed by atoms with Gasteiger partial charge in [-0.15, -0.1) is 0 Å². The van der Waals surface area contributed by atoms with Gasteiger partial charge in [0.1, 0.15) is 5.75 Å². The molecule has 5 nitrogen and oxygen atoms in total. The molecule has 8 heteroatoms. The molecule has 30 heavy (non-hydrogen) atoms. The quantitative estimate of drug-likeness (QED) is 0.650. The molecule has 1 N–H and O–H groups in total. The first-order chi connectivity index (χ1) is 14.1. The Bertz CT molecular complexity index is 727. The number of nitrogens with zero attached hydrogens (tertiary/aromatic N) is 1. The molecule has 0 unspecified atom stereocenters. The zero-order valence-corrected chi connectivity index (χ0v) is 17.5. The van der Waals surface area contributed by atoms with Crippen LogP contribution in [0.1, 0.15) is 52.4 Å². The fourth-order valence-corrected chi connectivity index (χ4v) is 4.25. The number of carbonyl (C=O) groups excluding carboxylic acids is 1. The predicted molar refractivity (Wildman–Crippen MR) is 107 cm³/mol. The largest absolute Gasteiger partial charge is 0.481 e. The first-order valence-electron chi connectivity index (χ1n) is 10.5. The van der Waals surface area contributed by atoms with Gasteiger partial charge in [0.25, 0.3) is 0 Å². The van der Waals surface area contributed by atoms with Crippen LogP contribution in [0.3, 0.4) is 0 Å². The molecule has 2 fully saturated rings. The van der Waals surface area contributed by atoms with Gasteiger partial charge in [0, 0.05) is 18.8 Å². The van der Waals surface area contributed by atoms with E-state index < -0.39 is 23.3 Å². The molecule has 1 aromatic rings. The highest BCUT2D eigenvalue weighted by molar-refractivity contribution is 6.00. The summed E-state index contributed by atoms with van der Waals surface area (Å²) in [5, 5.41) is 10.7. The number of anilines is 1. The number of amides is 1. The van der Waals surface area contributed by atoms with E-state index in [0.717, 1.165) is 13.3 Å². The summed E-state index contributed by atoms with van der Waals surface area (Å²) in [5.74, 6) is 0.135. The van der Waals surface area contributed by atoms with Gasteiger partial charge in [-0.3, -0.25) is 4.79 Å². The number of carbonyl (C=O) groups is 1. The third-order valence-electron chi connectivity index (χ3n) is 6.29. The summed E-state index contributed by atoms with van der Waals surface area (Å²) in [7, 11) is 0. The second kappa shape index (κ2) is 8.75. The molecule has 2 aliphatic rings. The smallest absolute Gasteiger partial charge is 0.425 e. The standard InChI is InChI=1S/C22H30F3NO4/c1-3-14-29-15-21(28)10-8-20(9-11-21)12-13-26(19(20)27)17-4-6-18(7-5-17)30-16(2)22(23,24)25/h4-7,16,28H,3,8-15H2,1-2H3/t16-,20-,21+/m0/s1. The highest BCUT2D eigenvalue weighted by Crippen LogP contribution is 2.48. The van der Waals surface area contributed by atoms with Gasteiger partial charge in [-0.05, 0) is 69.7 Å². The molecule has 1 aliphatic carbocycles. The third-order valence-corrected chi connectivity index (χ3v) is 6.29. The average molecular weight is 429 g/mol. The van der Waals surface area contributed by atoms with Crippen molar-refractivity contribution >= 4 is 11.6 Å². The number of rotatable bonds is 7. The van der Waals surface area contributed by atoms with E-state index in [4.69, 9.17) is 9.47 Å². The van der Waals surface area contributed by atoms with Gasteiger partial charge in [0.05, 0.1) is 17.6 Å². The van der Waals surface area contributed by atoms with E-state index in [1.54, 1.807) is 17.0 Å². The van der Waals surface area contributed by atoms with Crippen molar-refractivity contribution in [1.29, 1.82) is 0 Å². The molecule has 1 aromatic carbocycles. The van der Waals surface area contributed by atoms with Crippen molar-refractivity contribution in [2.24, 2.45) is 5.41 Å². The van der Waals surface area contributed by atoms with Crippen LogP contribution in [-0.2, 0) is 9.53 Å². The van der Waals surface area contributed by atoms with Gasteiger partial charge < -0.3 is 19.5 Å². The summed E-state index contributed by atoms with van der Waals surface area (Å²) in [6.07, 6.45) is -2.45. The number of hydrogen-bond donors (Lipinski definition) is 1. The van der Waals surface area contributed by atoms with Gasteiger partial charge in [-0.25, -0.2) is 0 Å². The second-order valence-electron chi connectivity index (χ2n) is 8.56. The van der Waals surface area contributed by atoms with Crippen molar-refractivity contribution in [3.63, 3.8) is 0 Å². The highest BCUT2D eigenvalue weighted by Gasteiger charge is 2.51. The van der Waals surface area contributed by atoms with Crippen LogP contribution >= 0.6 is 0 Å². The summed E-state index contributed by atoms with van der Waals surface area (Å²) < 4.78 is 48.4. The van der Waals surface area contributed by atoms with Gasteiger partial charge >= 0.3 is 6.18 Å². The molecular weight excluding hydrogens is 399 g/mol. The number of ether oxygens (including phenoxy) is 2. The second-order valence-corrected chi connectivity index (χ2v) is 8.56. The van der Waals surface area contributed by atoms with Crippen molar-refractivity contribution in [3.05, 3.63) is 24.3 Å². The first-order valence-corrected chi connectivity index (χ1v) is 10.5. The molecule has 1 aliphatic heterocycles. The Balaban J connectivity index is 1.60. The number of aliphatic hydroxyl groups is 1. The van der Waals surface area contributed by atoms with E-state index in [-0.39, 0.29) is 11.7 Å². The van der Waals surface area contributed by atoms with Crippen molar-refractivity contribution in [1.82, 2.24) is 0 Å². The molecule has 0 bridgehead atoms. The van der Waals surface area contributed by atoms with Gasteiger partial charge in [0.15, 0.2) is 6.10 Å². The van der Waals surface area contributed by atoms with E-state index in [2.05, 4.69) is 0 Å². The van der Waals surface area contributed by atoms with Crippen molar-refractivity contribution < 1.29 is 32.5 Å². The van der Waals surface area contributed by atoms with Crippen LogP contribution in [0.5, 0.6) is 5.75 Å². The molecular formula is C22H30F3NO4. The molecule has 1 heterocycles. The number of benzene rings is 1. The molecule has 1 atom stereocenters. The van der Waals surface area contributed by atoms with Crippen LogP contribution in [0.4, 0.5) is 18.9 Å². The summed E-state index contributed by atoms with van der Waals surface area (Å²) in [6, 6.07) is 6.15. The zero-order valence-electron chi connectivity index (χ0n) is 17.5. The number of halogens is 3. The Morgan fingerprint density at radius 3 is 2.33 bits per heavy atom. The summed E-state index contributed by atoms with van der Waals surface area (Å²) in [5.41, 5.74) is -0.699. The zero-order chi connectivity index (χ0) is 22.0. The van der Waals surface area contributed by atoms with Gasteiger partial charge in [-0.1, -0.05) is 6.92 Å². The molecule has 0 aromatic heterocycles. The maximum atomic E-state index is 13.2. The molecule has 1 saturated heterocycles. The monoisotopic (exact) mass is 429 g/mol. The minimum Gasteiger partial charge on any atom is -0.481 e. The maximum absolute atomic E-state index is 13.2. The third kappa shape index (κ3) is 4.91. The molecule has 1 saturated carbocycles. The van der Waals surface area contributed by atoms with E-state index in [9.17, 15) is 23.1 Å². The lowest BCUT2D eigenvalue weighted by Gasteiger charge is -2.40. The molecule has 3 rings (SSSR count). The lowest BCUT2D eigenvalue weighted by molar-refractivity contribution is -0.189. The minimum atomic E-state index is -4.43. The molecule has 168 valence electrons. The lowest BCUT2D eigenvalue weighted by Crippen LogP contribution is -2.45. The van der Waals surface area contributed by atoms with Gasteiger partial charge in [-0.2, -0.15) is 13.2 Å². The van der Waals surface area contributed by atoms with E-state index in [1.807, 2.05) is 6.92 Å². The summed E-state index contributed by atoms with van der Waals surface area (Å²) in [6.45, 7) is 4.44. The van der Waals surface area contributed by atoms with Crippen LogP contribution in [0, 0.1) is 5.41 Å². The topological polar surface area (TPSA) is 59.0 Å². The lowest BCUT2D eigenvalue weighted by atomic mass is 9.68. The average Bonchev–Trinajstić information content (AvgIpc) is 3.01. The van der Waals surface area contributed by atoms with Crippen molar-refractivity contribution in [3.8, 4) is 5.75 Å². The highest BCUT2D eigenvalue weighted by atomic mass is 19.4. The number of alkyl halides is 3. The van der Waals surface area contributed by atoms with Crippen molar-refractivity contribution in [2.75, 3.05) is 24.7 Å². The van der Waals surface area contributed by atoms with E-state index >= 15 is 0 Å². The fourth-order valence-electron chi connectivity index (χ4n) is 4.25. The fraction of sp³-hybridized carbons (Fsp3) is 0.682. The molecule has 0 radical (unpaired) electrons. The predicted octanol–water partition coefficient (Wildman–Crippen LogP) is 4.47. The Labute approximate surface area is 175 Å². The normalized spacial score (nSPS) is 28.2. The Morgan fingerprint density at radius 2 is 1.77 bits per heavy atom. The van der Waals surface area contributed by atoms with Crippen LogP contribution in [0.2, 0.25) is 0 Å². The van der Waals surface area contributed by atoms with E-state index in [0.29, 0.717) is 57.6 Å². The minimum absolute atomic E-state index is 0.0244. The SMILES string of the molecule is CCCOC[C@]1(O)CC[C@]2(CCN(c3ccc(O[C@@H](C)C(F)(F)F)cc3)C2=O)CC1. The first kappa shape index (κ1) is 22.9. The van der Waals surface area contributed by atoms with Crippen molar-refractivity contribution in [2.45, 2.75) is 70.3 Å². The Hall–Kier alpha value is -1.80. The molecule has 1 amide bonds. The van der Waals surface area contributed by atoms with E-state index in [1.165, 1.54) is 12.1 Å². The van der Waals surface area contributed by atoms with Crippen LogP contribution in [0.15, 0.2) is 24.3 Å². The Kier molecular flexibility index (Phi) is 6.67. The Morgan fingerprint density at radius 1 is 1.13 bits per heavy atom. The van der Waals surface area contributed by atoms with Crippen LogP contribution < -0.4 is 9.64 Å². The molecule has 1 spiro atoms. The maximum Gasteiger partial charge on any atom is 0.425 e. The van der Waals surface area contributed by atoms with Gasteiger partial charge in [0.2, 0.25) is 5.91 Å². The summed E-state index contributed by atoms with van der Waals surface area (Å²) >= 11 is 0. The number of hydrogen-bond acceptors (Lipinski definition) is 4. The van der Waals surface area contributed by atoms with Crippen LogP contribution in [0.25, 0.3) is 0 Å². The van der Waals surface area contributed by atoms with Crippen LogP contribution in [-0.4, -0.2) is 48.7 Å².